The molecule has 0 saturated carbocycles. The average Bonchev–Trinajstić information content (AvgIpc) is 3.91. The number of hydrogen-bond donors (Lipinski definition) is 0. The molecule has 0 aliphatic carbocycles. The number of pyridine rings is 2. The van der Waals surface area contributed by atoms with Crippen molar-refractivity contribution in [3.05, 3.63) is 179 Å². The summed E-state index contributed by atoms with van der Waals surface area (Å²) in [6, 6.07) is 45.8. The highest BCUT2D eigenvalue weighted by atomic mass is 16.5. The van der Waals surface area contributed by atoms with Gasteiger partial charge in [0.1, 0.15) is 22.8 Å². The lowest BCUT2D eigenvalue weighted by Crippen LogP contribution is -1.99. The highest BCUT2D eigenvalue weighted by Gasteiger charge is 2.23. The first-order chi connectivity index (χ1) is 28.8. The fraction of sp³-hybridized carbons (Fsp3) is 0.111. The van der Waals surface area contributed by atoms with Crippen LogP contribution in [0.5, 0.6) is 11.5 Å². The van der Waals surface area contributed by atoms with Gasteiger partial charge in [-0.2, -0.15) is 0 Å². The Morgan fingerprint density at radius 1 is 0.441 bits per heavy atom. The number of para-hydroxylation sites is 1. The van der Waals surface area contributed by atoms with E-state index in [0.29, 0.717) is 0 Å². The van der Waals surface area contributed by atoms with Crippen LogP contribution >= 0.6 is 0 Å². The van der Waals surface area contributed by atoms with Gasteiger partial charge < -0.3 is 4.74 Å². The predicted molar refractivity (Wildman–Crippen MR) is 245 cm³/mol. The molecule has 0 unspecified atom stereocenters. The van der Waals surface area contributed by atoms with Gasteiger partial charge in [0.25, 0.3) is 0 Å². The average molecular weight is 763 g/mol. The molecule has 11 aromatic rings. The second kappa shape index (κ2) is 13.2. The normalized spacial score (nSPS) is 11.9. The van der Waals surface area contributed by atoms with Crippen molar-refractivity contribution in [1.82, 2.24) is 18.8 Å². The first kappa shape index (κ1) is 35.0. The van der Waals surface area contributed by atoms with Crippen LogP contribution in [0.3, 0.4) is 0 Å². The third-order valence-corrected chi connectivity index (χ3v) is 12.5. The molecule has 0 atom stereocenters. The van der Waals surface area contributed by atoms with Crippen LogP contribution in [0.25, 0.3) is 88.2 Å². The van der Waals surface area contributed by atoms with Crippen LogP contribution in [0.2, 0.25) is 0 Å². The Balaban J connectivity index is 1.13. The molecule has 4 aromatic heterocycles. The number of imidazole rings is 2. The summed E-state index contributed by atoms with van der Waals surface area (Å²) in [5.41, 5.74) is 18.9. The highest BCUT2D eigenvalue weighted by Crippen LogP contribution is 2.47. The number of fused-ring (bicyclic) bond motifs is 12. The Morgan fingerprint density at radius 3 is 1.71 bits per heavy atom. The molecule has 0 aliphatic rings. The minimum atomic E-state index is 0.747. The van der Waals surface area contributed by atoms with E-state index in [-0.39, 0.29) is 0 Å². The predicted octanol–water partition coefficient (Wildman–Crippen LogP) is 14.2. The van der Waals surface area contributed by atoms with Gasteiger partial charge in [-0.1, -0.05) is 78.9 Å². The fourth-order valence-electron chi connectivity index (χ4n) is 9.89. The number of aromatic nitrogens is 4. The van der Waals surface area contributed by atoms with Gasteiger partial charge in [-0.05, 0) is 151 Å². The molecule has 7 aromatic carbocycles. The molecule has 4 heterocycles. The SMILES string of the molecule is Cc1cccc(C)c1-c1ccc2c(c1-c1c(C)cccc1C)c1ccc(Oc3ccc4c5ccccc5n5c(-c6c(C)cccc6C)cnc5c4c3)cc1c1nccn21. The lowest BCUT2D eigenvalue weighted by molar-refractivity contribution is 0.484. The zero-order chi connectivity index (χ0) is 40.1. The molecule has 0 radical (unpaired) electrons. The second-order valence-corrected chi connectivity index (χ2v) is 16.1. The van der Waals surface area contributed by atoms with E-state index >= 15 is 0 Å². The Labute approximate surface area is 342 Å². The molecule has 0 bridgehead atoms. The monoisotopic (exact) mass is 762 g/mol. The van der Waals surface area contributed by atoms with Gasteiger partial charge in [0, 0.05) is 45.1 Å². The minimum absolute atomic E-state index is 0.747. The number of rotatable bonds is 5. The number of ether oxygens (including phenoxy) is 1. The third-order valence-electron chi connectivity index (χ3n) is 12.5. The Bertz CT molecular complexity index is 3490. The van der Waals surface area contributed by atoms with E-state index in [1.807, 2.05) is 12.4 Å². The minimum Gasteiger partial charge on any atom is -0.457 e. The van der Waals surface area contributed by atoms with E-state index in [1.54, 1.807) is 0 Å². The van der Waals surface area contributed by atoms with Crippen molar-refractivity contribution >= 4 is 54.6 Å². The van der Waals surface area contributed by atoms with Crippen molar-refractivity contribution in [2.24, 2.45) is 0 Å². The van der Waals surface area contributed by atoms with E-state index in [1.165, 1.54) is 72.0 Å². The van der Waals surface area contributed by atoms with Gasteiger partial charge in [0.2, 0.25) is 0 Å². The first-order valence-corrected chi connectivity index (χ1v) is 20.3. The number of hydrogen-bond acceptors (Lipinski definition) is 3. The Morgan fingerprint density at radius 2 is 1.03 bits per heavy atom. The number of nitrogens with zero attached hydrogens (tertiary/aromatic N) is 4. The van der Waals surface area contributed by atoms with Crippen molar-refractivity contribution in [3.8, 4) is 45.0 Å². The van der Waals surface area contributed by atoms with E-state index in [9.17, 15) is 0 Å². The van der Waals surface area contributed by atoms with Crippen molar-refractivity contribution < 1.29 is 4.74 Å². The zero-order valence-corrected chi connectivity index (χ0v) is 34.1. The van der Waals surface area contributed by atoms with Crippen molar-refractivity contribution in [2.45, 2.75) is 41.5 Å². The molecule has 0 saturated heterocycles. The molecule has 5 heteroatoms. The number of aryl methyl sites for hydroxylation is 6. The summed E-state index contributed by atoms with van der Waals surface area (Å²) in [7, 11) is 0. The lowest BCUT2D eigenvalue weighted by Gasteiger charge is -2.22. The largest absolute Gasteiger partial charge is 0.457 e. The van der Waals surface area contributed by atoms with Gasteiger partial charge in [-0.25, -0.2) is 9.97 Å². The molecule has 5 nitrogen and oxygen atoms in total. The van der Waals surface area contributed by atoms with Crippen LogP contribution < -0.4 is 4.74 Å². The van der Waals surface area contributed by atoms with E-state index in [2.05, 4.69) is 184 Å². The Kier molecular flexibility index (Phi) is 7.79. The zero-order valence-electron chi connectivity index (χ0n) is 34.1. The molecule has 11 rings (SSSR count). The number of benzene rings is 7. The summed E-state index contributed by atoms with van der Waals surface area (Å²) in [4.78, 5) is 10.0. The summed E-state index contributed by atoms with van der Waals surface area (Å²) in [6.07, 6.45) is 6.00. The van der Waals surface area contributed by atoms with Gasteiger partial charge in [-0.3, -0.25) is 8.80 Å². The third kappa shape index (κ3) is 5.24. The Hall–Kier alpha value is -7.24. The van der Waals surface area contributed by atoms with Crippen molar-refractivity contribution in [3.63, 3.8) is 0 Å². The molecule has 0 aliphatic heterocycles. The van der Waals surface area contributed by atoms with Gasteiger partial charge in [0.15, 0.2) is 0 Å². The van der Waals surface area contributed by atoms with Gasteiger partial charge in [-0.15, -0.1) is 0 Å². The van der Waals surface area contributed by atoms with Gasteiger partial charge in [0.05, 0.1) is 22.9 Å². The maximum absolute atomic E-state index is 6.83. The topological polar surface area (TPSA) is 43.8 Å². The van der Waals surface area contributed by atoms with E-state index < -0.39 is 0 Å². The molecule has 0 N–H and O–H groups in total. The maximum Gasteiger partial charge on any atom is 0.145 e. The molecule has 0 amide bonds. The lowest BCUT2D eigenvalue weighted by atomic mass is 9.83. The van der Waals surface area contributed by atoms with Crippen LogP contribution in [0.1, 0.15) is 33.4 Å². The smallest absolute Gasteiger partial charge is 0.145 e. The molecular formula is C54H42N4O. The van der Waals surface area contributed by atoms with Crippen LogP contribution in [-0.4, -0.2) is 18.8 Å². The van der Waals surface area contributed by atoms with E-state index in [0.717, 1.165) is 61.1 Å². The van der Waals surface area contributed by atoms with Crippen LogP contribution in [0, 0.1) is 41.5 Å². The van der Waals surface area contributed by atoms with Crippen LogP contribution in [0.15, 0.2) is 146 Å². The summed E-state index contributed by atoms with van der Waals surface area (Å²) < 4.78 is 11.4. The van der Waals surface area contributed by atoms with E-state index in [4.69, 9.17) is 14.7 Å². The second-order valence-electron chi connectivity index (χ2n) is 16.1. The van der Waals surface area contributed by atoms with Crippen LogP contribution in [-0.2, 0) is 0 Å². The maximum atomic E-state index is 6.83. The molecule has 284 valence electrons. The molecule has 59 heavy (non-hydrogen) atoms. The summed E-state index contributed by atoms with van der Waals surface area (Å²) in [5, 5.41) is 6.73. The van der Waals surface area contributed by atoms with Crippen LogP contribution in [0.4, 0.5) is 0 Å². The van der Waals surface area contributed by atoms with Gasteiger partial charge >= 0.3 is 0 Å². The molecular weight excluding hydrogens is 721 g/mol. The summed E-state index contributed by atoms with van der Waals surface area (Å²) in [5.74, 6) is 1.50. The quantitative estimate of drug-likeness (QED) is 0.164. The highest BCUT2D eigenvalue weighted by molar-refractivity contribution is 6.20. The molecule has 0 fully saturated rings. The summed E-state index contributed by atoms with van der Waals surface area (Å²) >= 11 is 0. The fourth-order valence-corrected chi connectivity index (χ4v) is 9.89. The van der Waals surface area contributed by atoms with Crippen molar-refractivity contribution in [2.75, 3.05) is 0 Å². The first-order valence-electron chi connectivity index (χ1n) is 20.3. The summed E-state index contributed by atoms with van der Waals surface area (Å²) in [6.45, 7) is 13.3. The standard InChI is InChI=1S/C54H42N4O/c1-31-12-9-13-32(2)48(31)42-24-25-46-51(52(42)50-35(5)16-11-17-36(50)6)41-23-21-38(29-44(41)53-55-26-27-57(46)53)59-37-20-22-39-40-18-7-8-19-45(40)58-47(30-56-54(58)43(39)28-37)49-33(3)14-10-15-34(49)4/h7-30H,1-6H3. The van der Waals surface area contributed by atoms with Crippen molar-refractivity contribution in [1.29, 1.82) is 0 Å². The molecule has 0 spiro atoms.